The van der Waals surface area contributed by atoms with Gasteiger partial charge >= 0.3 is 39.5 Å². The van der Waals surface area contributed by atoms with Gasteiger partial charge in [-0.15, -0.1) is 0 Å². The first kappa shape index (κ1) is 108. The Labute approximate surface area is 677 Å². The number of hydrogen-bond acceptors (Lipinski definition) is 15. The van der Waals surface area contributed by atoms with Crippen LogP contribution >= 0.6 is 15.6 Å². The van der Waals surface area contributed by atoms with Crippen LogP contribution in [0.2, 0.25) is 0 Å². The van der Waals surface area contributed by atoms with Gasteiger partial charge < -0.3 is 33.8 Å². The minimum atomic E-state index is -4.97. The Morgan fingerprint density at radius 1 is 0.245 bits per heavy atom. The molecule has 2 unspecified atom stereocenters. The van der Waals surface area contributed by atoms with Crippen molar-refractivity contribution in [2.75, 3.05) is 39.6 Å². The predicted octanol–water partition coefficient (Wildman–Crippen LogP) is 28.3. The number of carbonyl (C=O) groups excluding carboxylic acids is 4. The fourth-order valence-corrected chi connectivity index (χ4v) is 15.9. The van der Waals surface area contributed by atoms with Crippen molar-refractivity contribution in [2.24, 2.45) is 5.92 Å². The summed E-state index contributed by atoms with van der Waals surface area (Å²) in [7, 11) is -9.93. The second-order valence-corrected chi connectivity index (χ2v) is 36.1. The van der Waals surface area contributed by atoms with Gasteiger partial charge in [-0.1, -0.05) is 446 Å². The first-order valence-electron chi connectivity index (χ1n) is 47.1. The zero-order valence-corrected chi connectivity index (χ0v) is 74.2. The first-order chi connectivity index (χ1) is 53.5. The van der Waals surface area contributed by atoms with Crippen LogP contribution in [-0.2, 0) is 65.4 Å². The normalized spacial score (nSPS) is 13.7. The van der Waals surface area contributed by atoms with Crippen LogP contribution in [0.4, 0.5) is 0 Å². The molecule has 0 aromatic rings. The zero-order valence-electron chi connectivity index (χ0n) is 72.4. The molecular formula is C91H178O17P2. The summed E-state index contributed by atoms with van der Waals surface area (Å²) in [6.45, 7) is 7.43. The molecule has 0 aliphatic carbocycles. The molecule has 0 radical (unpaired) electrons. The zero-order chi connectivity index (χ0) is 80.4. The van der Waals surface area contributed by atoms with Crippen molar-refractivity contribution < 1.29 is 80.2 Å². The van der Waals surface area contributed by atoms with Gasteiger partial charge in [0.15, 0.2) is 12.2 Å². The summed E-state index contributed by atoms with van der Waals surface area (Å²) < 4.78 is 69.1. The highest BCUT2D eigenvalue weighted by atomic mass is 31.2. The van der Waals surface area contributed by atoms with E-state index in [1.807, 2.05) is 0 Å². The molecule has 0 saturated heterocycles. The summed E-state index contributed by atoms with van der Waals surface area (Å²) in [6, 6.07) is 0. The van der Waals surface area contributed by atoms with E-state index in [1.54, 1.807) is 0 Å². The number of phosphoric ester groups is 2. The number of carbonyl (C=O) groups is 4. The van der Waals surface area contributed by atoms with E-state index >= 15 is 0 Å². The lowest BCUT2D eigenvalue weighted by Gasteiger charge is -2.21. The predicted molar refractivity (Wildman–Crippen MR) is 455 cm³/mol. The lowest BCUT2D eigenvalue weighted by Crippen LogP contribution is -2.30. The summed E-state index contributed by atoms with van der Waals surface area (Å²) in [5.41, 5.74) is 0. The minimum Gasteiger partial charge on any atom is -0.462 e. The monoisotopic (exact) mass is 1610 g/mol. The van der Waals surface area contributed by atoms with E-state index in [9.17, 15) is 43.2 Å². The van der Waals surface area contributed by atoms with E-state index in [4.69, 9.17) is 37.0 Å². The number of unbranched alkanes of at least 4 members (excludes halogenated alkanes) is 63. The highest BCUT2D eigenvalue weighted by Gasteiger charge is 2.31. The maximum absolute atomic E-state index is 13.2. The molecule has 110 heavy (non-hydrogen) atoms. The van der Waals surface area contributed by atoms with Crippen LogP contribution in [0.15, 0.2) is 0 Å². The van der Waals surface area contributed by atoms with Crippen LogP contribution in [0, 0.1) is 5.92 Å². The lowest BCUT2D eigenvalue weighted by molar-refractivity contribution is -0.161. The van der Waals surface area contributed by atoms with Gasteiger partial charge in [-0.25, -0.2) is 9.13 Å². The fourth-order valence-electron chi connectivity index (χ4n) is 14.4. The molecule has 5 atom stereocenters. The summed E-state index contributed by atoms with van der Waals surface area (Å²) in [5.74, 6) is -1.28. The molecule has 17 nitrogen and oxygen atoms in total. The second kappa shape index (κ2) is 83.5. The molecule has 0 aliphatic rings. The molecule has 19 heteroatoms. The Morgan fingerprint density at radius 2 is 0.418 bits per heavy atom. The quantitative estimate of drug-likeness (QED) is 0.0222. The van der Waals surface area contributed by atoms with E-state index < -0.39 is 97.5 Å². The molecule has 0 aromatic heterocycles. The van der Waals surface area contributed by atoms with Gasteiger partial charge in [-0.2, -0.15) is 0 Å². The number of esters is 4. The van der Waals surface area contributed by atoms with Crippen LogP contribution in [0.25, 0.3) is 0 Å². The molecule has 0 bridgehead atoms. The van der Waals surface area contributed by atoms with Crippen molar-refractivity contribution in [3.05, 3.63) is 0 Å². The molecule has 3 N–H and O–H groups in total. The Balaban J connectivity index is 5.24. The average Bonchev–Trinajstić information content (AvgIpc) is 0.898. The van der Waals surface area contributed by atoms with Crippen molar-refractivity contribution in [3.63, 3.8) is 0 Å². The third kappa shape index (κ3) is 84.0. The van der Waals surface area contributed by atoms with E-state index in [0.29, 0.717) is 25.7 Å². The van der Waals surface area contributed by atoms with Crippen molar-refractivity contribution >= 4 is 39.5 Å². The Morgan fingerprint density at radius 3 is 0.618 bits per heavy atom. The summed E-state index contributed by atoms with van der Waals surface area (Å²) in [5, 5.41) is 10.7. The number of aliphatic hydroxyl groups excluding tert-OH is 1. The Kier molecular flexibility index (Phi) is 82.1. The molecule has 0 saturated carbocycles. The van der Waals surface area contributed by atoms with Crippen LogP contribution in [0.3, 0.4) is 0 Å². The van der Waals surface area contributed by atoms with Gasteiger partial charge in [0.1, 0.15) is 19.3 Å². The largest absolute Gasteiger partial charge is 0.472 e. The highest BCUT2D eigenvalue weighted by molar-refractivity contribution is 7.47. The highest BCUT2D eigenvalue weighted by Crippen LogP contribution is 2.45. The molecule has 654 valence electrons. The SMILES string of the molecule is CCCCCCCCCCCCCCCCCCCCCCCC(=O)O[C@H](COC(=O)CCCCCCCCCCCCCCCCCCC(C)C)COP(=O)(O)OC[C@@H](O)COP(=O)(O)OC[C@@H](COC(=O)CCCCCCCCCCCCCC)OC(=O)CCCCCCCCCCCCCCCCCCCC. The third-order valence-electron chi connectivity index (χ3n) is 21.5. The van der Waals surface area contributed by atoms with E-state index in [1.165, 1.54) is 321 Å². The topological polar surface area (TPSA) is 237 Å². The van der Waals surface area contributed by atoms with E-state index in [2.05, 4.69) is 34.6 Å². The Bertz CT molecular complexity index is 2080. The molecule has 0 fully saturated rings. The average molecular weight is 1610 g/mol. The maximum Gasteiger partial charge on any atom is 0.472 e. The van der Waals surface area contributed by atoms with Gasteiger partial charge in [0.25, 0.3) is 0 Å². The summed E-state index contributed by atoms with van der Waals surface area (Å²) >= 11 is 0. The fraction of sp³-hybridized carbons (Fsp3) is 0.956. The van der Waals surface area contributed by atoms with Gasteiger partial charge in [0.05, 0.1) is 26.4 Å². The standard InChI is InChI=1S/C91H178O17P2/c1-6-9-12-15-18-21-24-27-29-31-33-34-35-37-43-47-52-57-62-67-72-77-91(96)108-87(81-102-89(94)75-70-65-60-55-50-45-41-39-38-40-44-48-53-58-63-68-73-84(4)5)83-106-110(99,100)104-79-85(92)78-103-109(97,98)105-82-86(80-101-88(93)74-69-64-59-54-49-26-23-20-17-14-11-8-3)107-90(95)76-71-66-61-56-51-46-42-36-32-30-28-25-22-19-16-13-10-7-2/h84-87,92H,6-83H2,1-5H3,(H,97,98)(H,99,100)/t85-,86+,87+/m0/s1. The molecule has 0 aromatic carbocycles. The van der Waals surface area contributed by atoms with Gasteiger partial charge in [-0.05, 0) is 31.6 Å². The van der Waals surface area contributed by atoms with Crippen LogP contribution in [0.5, 0.6) is 0 Å². The molecule has 0 rings (SSSR count). The third-order valence-corrected chi connectivity index (χ3v) is 23.4. The van der Waals surface area contributed by atoms with Crippen LogP contribution in [-0.4, -0.2) is 96.7 Å². The number of ether oxygens (including phenoxy) is 4. The van der Waals surface area contributed by atoms with Gasteiger partial charge in [-0.3, -0.25) is 37.3 Å². The van der Waals surface area contributed by atoms with E-state index in [0.717, 1.165) is 95.8 Å². The van der Waals surface area contributed by atoms with Crippen LogP contribution < -0.4 is 0 Å². The first-order valence-corrected chi connectivity index (χ1v) is 50.1. The molecular weight excluding hydrogens is 1430 g/mol. The minimum absolute atomic E-state index is 0.109. The maximum atomic E-state index is 13.2. The summed E-state index contributed by atoms with van der Waals surface area (Å²) in [6.07, 6.45) is 79.2. The molecule has 0 heterocycles. The van der Waals surface area contributed by atoms with Crippen molar-refractivity contribution in [2.45, 2.75) is 515 Å². The van der Waals surface area contributed by atoms with Crippen molar-refractivity contribution in [3.8, 4) is 0 Å². The lowest BCUT2D eigenvalue weighted by atomic mass is 10.0. The summed E-state index contributed by atoms with van der Waals surface area (Å²) in [4.78, 5) is 73.4. The van der Waals surface area contributed by atoms with Gasteiger partial charge in [0, 0.05) is 25.7 Å². The van der Waals surface area contributed by atoms with Crippen molar-refractivity contribution in [1.29, 1.82) is 0 Å². The van der Waals surface area contributed by atoms with Crippen molar-refractivity contribution in [1.82, 2.24) is 0 Å². The number of phosphoric acid groups is 2. The number of hydrogen-bond donors (Lipinski definition) is 3. The smallest absolute Gasteiger partial charge is 0.462 e. The van der Waals surface area contributed by atoms with Gasteiger partial charge in [0.2, 0.25) is 0 Å². The molecule has 0 spiro atoms. The second-order valence-electron chi connectivity index (χ2n) is 33.2. The molecule has 0 amide bonds. The number of aliphatic hydroxyl groups is 1. The Hall–Kier alpha value is -1.94. The van der Waals surface area contributed by atoms with E-state index in [-0.39, 0.29) is 25.7 Å². The number of rotatable bonds is 91. The molecule has 0 aliphatic heterocycles. The van der Waals surface area contributed by atoms with Crippen LogP contribution in [0.1, 0.15) is 497 Å².